The lowest BCUT2D eigenvalue weighted by Crippen LogP contribution is -2.31. The van der Waals surface area contributed by atoms with E-state index in [2.05, 4.69) is 59.0 Å². The lowest BCUT2D eigenvalue weighted by Gasteiger charge is -2.33. The average Bonchev–Trinajstić information content (AvgIpc) is 3.22. The summed E-state index contributed by atoms with van der Waals surface area (Å²) in [5.41, 5.74) is 6.01. The van der Waals surface area contributed by atoms with Gasteiger partial charge in [0, 0.05) is 16.8 Å². The fraction of sp³-hybridized carbons (Fsp3) is 0.240. The largest absolute Gasteiger partial charge is 0.375 e. The normalized spacial score (nSPS) is 14.7. The van der Waals surface area contributed by atoms with Crippen molar-refractivity contribution in [2.24, 2.45) is 4.99 Å². The van der Waals surface area contributed by atoms with Gasteiger partial charge in [0.25, 0.3) is 10.0 Å². The zero-order valence-electron chi connectivity index (χ0n) is 20.0. The molecule has 2 N–H and O–H groups in total. The second-order valence-electron chi connectivity index (χ2n) is 9.10. The molecule has 7 nitrogen and oxygen atoms in total. The van der Waals surface area contributed by atoms with Gasteiger partial charge in [-0.2, -0.15) is 0 Å². The number of nitrogens with one attached hydrogen (secondary N) is 2. The van der Waals surface area contributed by atoms with Crippen molar-refractivity contribution in [3.8, 4) is 11.1 Å². The molecule has 180 valence electrons. The van der Waals surface area contributed by atoms with E-state index in [1.54, 1.807) is 58.8 Å². The number of aromatic nitrogens is 2. The summed E-state index contributed by atoms with van der Waals surface area (Å²) in [7, 11) is -0.414. The molecule has 3 heterocycles. The zero-order valence-corrected chi connectivity index (χ0v) is 22.5. The van der Waals surface area contributed by atoms with Crippen molar-refractivity contribution < 1.29 is 8.42 Å². The lowest BCUT2D eigenvalue weighted by molar-refractivity contribution is 0.601. The van der Waals surface area contributed by atoms with E-state index in [1.807, 2.05) is 0 Å². The molecule has 0 atom stereocenters. The van der Waals surface area contributed by atoms with Gasteiger partial charge in [0.1, 0.15) is 10.5 Å². The van der Waals surface area contributed by atoms with Gasteiger partial charge < -0.3 is 5.32 Å². The van der Waals surface area contributed by atoms with E-state index >= 15 is 0 Å². The van der Waals surface area contributed by atoms with Gasteiger partial charge in [-0.15, -0.1) is 0 Å². The number of benzene rings is 2. The summed E-state index contributed by atoms with van der Waals surface area (Å²) < 4.78 is 29.3. The van der Waals surface area contributed by atoms with Crippen LogP contribution in [-0.4, -0.2) is 18.4 Å². The van der Waals surface area contributed by atoms with Crippen LogP contribution in [0.1, 0.15) is 35.8 Å². The van der Waals surface area contributed by atoms with Gasteiger partial charge >= 0.3 is 0 Å². The van der Waals surface area contributed by atoms with Gasteiger partial charge in [-0.25, -0.2) is 23.4 Å². The molecule has 0 bridgehead atoms. The Labute approximate surface area is 212 Å². The van der Waals surface area contributed by atoms with Crippen LogP contribution in [0.3, 0.4) is 0 Å². The first-order valence-electron chi connectivity index (χ1n) is 11.0. The summed E-state index contributed by atoms with van der Waals surface area (Å²) in [6.45, 7) is 9.94. The fourth-order valence-corrected chi connectivity index (χ4v) is 8.10. The summed E-state index contributed by atoms with van der Waals surface area (Å²) in [5, 5.41) is 3.64. The van der Waals surface area contributed by atoms with Gasteiger partial charge in [-0.05, 0) is 71.0 Å². The summed E-state index contributed by atoms with van der Waals surface area (Å²) in [4.78, 5) is 14.6. The molecular formula is C25H25N5O2S3. The summed E-state index contributed by atoms with van der Waals surface area (Å²) in [6, 6.07) is 13.0. The SMILES string of the molecule is Cc1ccc2c(c1)-c1c(ssc1=Nc1ccc(S(=O)(=O)Nc3cnc(C)nc3C)cc1)C(C)(C)N2. The minimum atomic E-state index is -3.78. The Kier molecular flexibility index (Phi) is 5.77. The number of aryl methyl sites for hydroxylation is 3. The van der Waals surface area contributed by atoms with Crippen LogP contribution in [0.4, 0.5) is 17.1 Å². The van der Waals surface area contributed by atoms with Gasteiger partial charge in [0.2, 0.25) is 0 Å². The standard InChI is InChI=1S/C25H25N5O2S3/c1-14-6-11-20-19(12-14)22-23(25(4,5)29-20)33-34-24(22)28-17-7-9-18(10-8-17)35(31,32)30-21-13-26-16(3)27-15(21)2/h6-13,29-30H,1-5H3. The third kappa shape index (κ3) is 4.49. The van der Waals surface area contributed by atoms with Crippen LogP contribution in [0.15, 0.2) is 58.5 Å². The number of nitrogens with zero attached hydrogens (tertiary/aromatic N) is 3. The highest BCUT2D eigenvalue weighted by molar-refractivity contribution is 7.92. The van der Waals surface area contributed by atoms with Gasteiger partial charge in [0.05, 0.1) is 38.6 Å². The monoisotopic (exact) mass is 523 g/mol. The van der Waals surface area contributed by atoms with Crippen molar-refractivity contribution in [3.63, 3.8) is 0 Å². The van der Waals surface area contributed by atoms with Gasteiger partial charge in [-0.3, -0.25) is 4.72 Å². The first kappa shape index (κ1) is 23.7. The molecule has 0 fully saturated rings. The minimum Gasteiger partial charge on any atom is -0.375 e. The van der Waals surface area contributed by atoms with Crippen LogP contribution in [0.25, 0.3) is 11.1 Å². The first-order valence-corrected chi connectivity index (χ1v) is 14.7. The van der Waals surface area contributed by atoms with Crippen molar-refractivity contribution in [1.82, 2.24) is 9.97 Å². The maximum absolute atomic E-state index is 12.9. The molecule has 5 rings (SSSR count). The van der Waals surface area contributed by atoms with Crippen molar-refractivity contribution in [3.05, 3.63) is 75.3 Å². The maximum atomic E-state index is 12.9. The fourth-order valence-electron chi connectivity index (χ4n) is 4.06. The third-order valence-electron chi connectivity index (χ3n) is 5.83. The zero-order chi connectivity index (χ0) is 25.0. The van der Waals surface area contributed by atoms with E-state index in [-0.39, 0.29) is 10.4 Å². The highest BCUT2D eigenvalue weighted by Gasteiger charge is 2.33. The Bertz CT molecular complexity index is 1620. The number of sulfonamides is 1. The van der Waals surface area contributed by atoms with E-state index in [0.29, 0.717) is 22.9 Å². The molecule has 1 aliphatic heterocycles. The van der Waals surface area contributed by atoms with Crippen LogP contribution >= 0.6 is 20.7 Å². The Hall–Kier alpha value is -3.08. The van der Waals surface area contributed by atoms with Crippen molar-refractivity contribution in [2.75, 3.05) is 10.0 Å². The highest BCUT2D eigenvalue weighted by atomic mass is 32.9. The molecule has 0 unspecified atom stereocenters. The summed E-state index contributed by atoms with van der Waals surface area (Å²) >= 11 is 0. The summed E-state index contributed by atoms with van der Waals surface area (Å²) in [5.74, 6) is 0.588. The molecule has 0 spiro atoms. The predicted molar refractivity (Wildman–Crippen MR) is 143 cm³/mol. The molecule has 10 heteroatoms. The number of anilines is 2. The molecule has 1 aliphatic rings. The van der Waals surface area contributed by atoms with E-state index in [4.69, 9.17) is 4.99 Å². The van der Waals surface area contributed by atoms with Gasteiger partial charge in [0.15, 0.2) is 0 Å². The Morgan fingerprint density at radius 1 is 1.03 bits per heavy atom. The molecule has 0 aliphatic carbocycles. The van der Waals surface area contributed by atoms with Crippen molar-refractivity contribution >= 4 is 47.8 Å². The van der Waals surface area contributed by atoms with E-state index in [1.165, 1.54) is 16.6 Å². The molecular weight excluding hydrogens is 499 g/mol. The average molecular weight is 524 g/mol. The predicted octanol–water partition coefficient (Wildman–Crippen LogP) is 5.89. The molecule has 2 aromatic carbocycles. The maximum Gasteiger partial charge on any atom is 0.262 e. The van der Waals surface area contributed by atoms with Gasteiger partial charge in [-0.1, -0.05) is 32.3 Å². The summed E-state index contributed by atoms with van der Waals surface area (Å²) in [6.07, 6.45) is 1.48. The molecule has 35 heavy (non-hydrogen) atoms. The number of hydrogen-bond acceptors (Lipinski definition) is 8. The Balaban J connectivity index is 1.50. The van der Waals surface area contributed by atoms with Crippen molar-refractivity contribution in [1.29, 1.82) is 0 Å². The lowest BCUT2D eigenvalue weighted by atomic mass is 9.89. The van der Waals surface area contributed by atoms with Crippen LogP contribution < -0.4 is 14.7 Å². The number of rotatable bonds is 4. The second-order valence-corrected chi connectivity index (χ2v) is 12.9. The minimum absolute atomic E-state index is 0.152. The molecule has 0 radical (unpaired) electrons. The second kappa shape index (κ2) is 8.54. The number of hydrogen-bond donors (Lipinski definition) is 2. The quantitative estimate of drug-likeness (QED) is 0.325. The molecule has 0 amide bonds. The van der Waals surface area contributed by atoms with Crippen LogP contribution in [-0.2, 0) is 15.6 Å². The van der Waals surface area contributed by atoms with E-state index in [9.17, 15) is 8.42 Å². The van der Waals surface area contributed by atoms with Crippen molar-refractivity contribution in [2.45, 2.75) is 45.1 Å². The topological polar surface area (TPSA) is 96.3 Å². The third-order valence-corrected chi connectivity index (χ3v) is 9.85. The Morgan fingerprint density at radius 3 is 2.49 bits per heavy atom. The van der Waals surface area contributed by atoms with E-state index in [0.717, 1.165) is 21.5 Å². The van der Waals surface area contributed by atoms with Crippen LogP contribution in [0.5, 0.6) is 0 Å². The molecule has 0 saturated heterocycles. The first-order chi connectivity index (χ1) is 16.5. The number of fused-ring (bicyclic) bond motifs is 3. The van der Waals surface area contributed by atoms with E-state index < -0.39 is 10.0 Å². The smallest absolute Gasteiger partial charge is 0.262 e. The Morgan fingerprint density at radius 2 is 1.77 bits per heavy atom. The molecule has 2 aromatic heterocycles. The molecule has 4 aromatic rings. The van der Waals surface area contributed by atoms with Crippen LogP contribution in [0, 0.1) is 20.8 Å². The highest BCUT2D eigenvalue weighted by Crippen LogP contribution is 2.45. The van der Waals surface area contributed by atoms with Crippen LogP contribution in [0.2, 0.25) is 0 Å². The molecule has 0 saturated carbocycles.